The lowest BCUT2D eigenvalue weighted by atomic mass is 10.1. The molecule has 2 heteroatoms. The second-order valence-corrected chi connectivity index (χ2v) is 3.43. The molecule has 0 aliphatic carbocycles. The van der Waals surface area contributed by atoms with Gasteiger partial charge in [-0.05, 0) is 25.3 Å². The Kier molecular flexibility index (Phi) is 2.61. The molecule has 1 rings (SSSR count). The predicted molar refractivity (Wildman–Crippen MR) is 49.2 cm³/mol. The van der Waals surface area contributed by atoms with Gasteiger partial charge in [0.25, 0.3) is 0 Å². The van der Waals surface area contributed by atoms with Gasteiger partial charge in [0.2, 0.25) is 0 Å². The van der Waals surface area contributed by atoms with Gasteiger partial charge in [-0.3, -0.25) is 0 Å². The van der Waals surface area contributed by atoms with E-state index in [1.165, 1.54) is 5.69 Å². The topological polar surface area (TPSA) is 15.8 Å². The van der Waals surface area contributed by atoms with Crippen molar-refractivity contribution in [3.8, 4) is 0 Å². The SMILES string of the molecule is CCC(C)c1[nH]c(C)cc1Cl. The van der Waals surface area contributed by atoms with E-state index in [0.717, 1.165) is 17.1 Å². The van der Waals surface area contributed by atoms with Gasteiger partial charge in [0, 0.05) is 11.4 Å². The maximum Gasteiger partial charge on any atom is 0.0618 e. The zero-order valence-corrected chi connectivity index (χ0v) is 8.00. The Morgan fingerprint density at radius 2 is 2.27 bits per heavy atom. The second kappa shape index (κ2) is 3.31. The first-order chi connectivity index (χ1) is 5.15. The summed E-state index contributed by atoms with van der Waals surface area (Å²) in [5.41, 5.74) is 2.32. The van der Waals surface area contributed by atoms with Gasteiger partial charge < -0.3 is 4.98 Å². The zero-order valence-electron chi connectivity index (χ0n) is 7.24. The summed E-state index contributed by atoms with van der Waals surface area (Å²) < 4.78 is 0. The molecule has 1 unspecified atom stereocenters. The first kappa shape index (κ1) is 8.66. The number of hydrogen-bond acceptors (Lipinski definition) is 0. The molecule has 0 aliphatic heterocycles. The van der Waals surface area contributed by atoms with Gasteiger partial charge in [-0.25, -0.2) is 0 Å². The highest BCUT2D eigenvalue weighted by Crippen LogP contribution is 2.26. The van der Waals surface area contributed by atoms with Gasteiger partial charge in [0.1, 0.15) is 0 Å². The average molecular weight is 172 g/mol. The molecule has 0 aromatic carbocycles. The third-order valence-corrected chi connectivity index (χ3v) is 2.35. The van der Waals surface area contributed by atoms with E-state index < -0.39 is 0 Å². The van der Waals surface area contributed by atoms with Crippen molar-refractivity contribution in [3.63, 3.8) is 0 Å². The number of hydrogen-bond donors (Lipinski definition) is 1. The lowest BCUT2D eigenvalue weighted by Gasteiger charge is -2.05. The summed E-state index contributed by atoms with van der Waals surface area (Å²) >= 11 is 5.99. The van der Waals surface area contributed by atoms with Crippen molar-refractivity contribution < 1.29 is 0 Å². The summed E-state index contributed by atoms with van der Waals surface area (Å²) in [6, 6.07) is 1.98. The van der Waals surface area contributed by atoms with Crippen LogP contribution in [0.25, 0.3) is 0 Å². The van der Waals surface area contributed by atoms with Crippen LogP contribution in [0.5, 0.6) is 0 Å². The average Bonchev–Trinajstić information content (AvgIpc) is 2.28. The Morgan fingerprint density at radius 3 is 2.64 bits per heavy atom. The maximum atomic E-state index is 5.99. The highest BCUT2D eigenvalue weighted by atomic mass is 35.5. The van der Waals surface area contributed by atoms with Crippen molar-refractivity contribution >= 4 is 11.6 Å². The van der Waals surface area contributed by atoms with Crippen molar-refractivity contribution in [2.75, 3.05) is 0 Å². The fourth-order valence-electron chi connectivity index (χ4n) is 1.14. The molecule has 1 aromatic heterocycles. The molecular weight excluding hydrogens is 158 g/mol. The van der Waals surface area contributed by atoms with Gasteiger partial charge in [-0.2, -0.15) is 0 Å². The van der Waals surface area contributed by atoms with Crippen LogP contribution in [-0.4, -0.2) is 4.98 Å². The summed E-state index contributed by atoms with van der Waals surface area (Å²) in [6.07, 6.45) is 1.12. The van der Waals surface area contributed by atoms with Crippen LogP contribution in [0.2, 0.25) is 5.02 Å². The lowest BCUT2D eigenvalue weighted by Crippen LogP contribution is -1.91. The quantitative estimate of drug-likeness (QED) is 0.701. The van der Waals surface area contributed by atoms with E-state index in [4.69, 9.17) is 11.6 Å². The molecule has 0 saturated heterocycles. The molecule has 0 amide bonds. The van der Waals surface area contributed by atoms with Gasteiger partial charge in [-0.15, -0.1) is 0 Å². The molecule has 1 nitrogen and oxygen atoms in total. The number of aromatic nitrogens is 1. The number of aromatic amines is 1. The standard InChI is InChI=1S/C9H14ClN/c1-4-6(2)9-8(10)5-7(3)11-9/h5-6,11H,4H2,1-3H3. The first-order valence-electron chi connectivity index (χ1n) is 4.00. The highest BCUT2D eigenvalue weighted by molar-refractivity contribution is 6.31. The summed E-state index contributed by atoms with van der Waals surface area (Å²) in [6.45, 7) is 6.37. The van der Waals surface area contributed by atoms with E-state index >= 15 is 0 Å². The van der Waals surface area contributed by atoms with E-state index in [0.29, 0.717) is 5.92 Å². The molecule has 0 aliphatic rings. The molecule has 1 heterocycles. The largest absolute Gasteiger partial charge is 0.361 e. The Morgan fingerprint density at radius 1 is 1.64 bits per heavy atom. The Balaban J connectivity index is 2.93. The lowest BCUT2D eigenvalue weighted by molar-refractivity contribution is 0.712. The fraction of sp³-hybridized carbons (Fsp3) is 0.556. The van der Waals surface area contributed by atoms with Crippen molar-refractivity contribution in [2.45, 2.75) is 33.1 Å². The number of rotatable bonds is 2. The van der Waals surface area contributed by atoms with Crippen molar-refractivity contribution in [2.24, 2.45) is 0 Å². The van der Waals surface area contributed by atoms with E-state index in [1.54, 1.807) is 0 Å². The van der Waals surface area contributed by atoms with Crippen LogP contribution >= 0.6 is 11.6 Å². The highest BCUT2D eigenvalue weighted by Gasteiger charge is 2.09. The van der Waals surface area contributed by atoms with Crippen LogP contribution in [0.1, 0.15) is 37.6 Å². The summed E-state index contributed by atoms with van der Waals surface area (Å²) in [4.78, 5) is 3.26. The zero-order chi connectivity index (χ0) is 8.43. The monoisotopic (exact) mass is 171 g/mol. The Labute approximate surface area is 72.8 Å². The van der Waals surface area contributed by atoms with E-state index in [1.807, 2.05) is 13.0 Å². The number of aryl methyl sites for hydroxylation is 1. The summed E-state index contributed by atoms with van der Waals surface area (Å²) in [5, 5.41) is 0.872. The maximum absolute atomic E-state index is 5.99. The fourth-order valence-corrected chi connectivity index (χ4v) is 1.54. The van der Waals surface area contributed by atoms with Crippen LogP contribution in [0.15, 0.2) is 6.07 Å². The molecule has 11 heavy (non-hydrogen) atoms. The van der Waals surface area contributed by atoms with Crippen molar-refractivity contribution in [3.05, 3.63) is 22.5 Å². The van der Waals surface area contributed by atoms with E-state index in [2.05, 4.69) is 18.8 Å². The van der Waals surface area contributed by atoms with Crippen molar-refractivity contribution in [1.82, 2.24) is 4.98 Å². The second-order valence-electron chi connectivity index (χ2n) is 3.02. The van der Waals surface area contributed by atoms with Crippen LogP contribution in [0.4, 0.5) is 0 Å². The van der Waals surface area contributed by atoms with E-state index in [-0.39, 0.29) is 0 Å². The van der Waals surface area contributed by atoms with Crippen LogP contribution < -0.4 is 0 Å². The van der Waals surface area contributed by atoms with Crippen LogP contribution in [0.3, 0.4) is 0 Å². The minimum Gasteiger partial charge on any atom is -0.361 e. The predicted octanol–water partition coefficient (Wildman–Crippen LogP) is 3.49. The minimum atomic E-state index is 0.538. The smallest absolute Gasteiger partial charge is 0.0618 e. The number of nitrogens with one attached hydrogen (secondary N) is 1. The molecule has 1 N–H and O–H groups in total. The van der Waals surface area contributed by atoms with Gasteiger partial charge in [-0.1, -0.05) is 25.4 Å². The Bertz CT molecular complexity index is 240. The van der Waals surface area contributed by atoms with Crippen molar-refractivity contribution in [1.29, 1.82) is 0 Å². The summed E-state index contributed by atoms with van der Waals surface area (Å²) in [7, 11) is 0. The molecular formula is C9H14ClN. The summed E-state index contributed by atoms with van der Waals surface area (Å²) in [5.74, 6) is 0.538. The molecule has 0 radical (unpaired) electrons. The molecule has 0 saturated carbocycles. The van der Waals surface area contributed by atoms with E-state index in [9.17, 15) is 0 Å². The minimum absolute atomic E-state index is 0.538. The normalized spacial score (nSPS) is 13.5. The van der Waals surface area contributed by atoms with Gasteiger partial charge >= 0.3 is 0 Å². The third-order valence-electron chi connectivity index (χ3n) is 2.04. The van der Waals surface area contributed by atoms with Crippen LogP contribution in [-0.2, 0) is 0 Å². The number of H-pyrrole nitrogens is 1. The third kappa shape index (κ3) is 1.78. The number of halogens is 1. The van der Waals surface area contributed by atoms with Gasteiger partial charge in [0.15, 0.2) is 0 Å². The van der Waals surface area contributed by atoms with Gasteiger partial charge in [0.05, 0.1) is 5.02 Å². The molecule has 1 aromatic rings. The molecule has 0 spiro atoms. The Hall–Kier alpha value is -0.430. The molecule has 0 bridgehead atoms. The van der Waals surface area contributed by atoms with Crippen LogP contribution in [0, 0.1) is 6.92 Å². The molecule has 1 atom stereocenters. The molecule has 0 fully saturated rings. The molecule has 62 valence electrons. The first-order valence-corrected chi connectivity index (χ1v) is 4.38.